The summed E-state index contributed by atoms with van der Waals surface area (Å²) in [6.07, 6.45) is 9.88. The Morgan fingerprint density at radius 3 is 2.62 bits per heavy atom. The van der Waals surface area contributed by atoms with Crippen molar-refractivity contribution in [3.8, 4) is 11.1 Å². The predicted octanol–water partition coefficient (Wildman–Crippen LogP) is 4.86. The molecule has 1 unspecified atom stereocenters. The number of hydrogen-bond donors (Lipinski definition) is 2. The molecule has 3 aromatic rings. The van der Waals surface area contributed by atoms with E-state index in [1.54, 1.807) is 0 Å². The molecule has 3 rings (SSSR count). The van der Waals surface area contributed by atoms with Gasteiger partial charge in [-0.2, -0.15) is 0 Å². The summed E-state index contributed by atoms with van der Waals surface area (Å²) >= 11 is 0. The Morgan fingerprint density at radius 1 is 1.04 bits per heavy atom. The molecular weight excluding hydrogens is 296 g/mol. The lowest BCUT2D eigenvalue weighted by atomic mass is 10.1. The molecule has 0 saturated heterocycles. The summed E-state index contributed by atoms with van der Waals surface area (Å²) in [6.45, 7) is 2.25. The molecule has 0 bridgehead atoms. The summed E-state index contributed by atoms with van der Waals surface area (Å²) in [7, 11) is 2.01. The van der Waals surface area contributed by atoms with E-state index in [1.807, 2.05) is 31.6 Å². The maximum Gasteiger partial charge on any atom is 0.124 e. The zero-order valence-corrected chi connectivity index (χ0v) is 14.5. The van der Waals surface area contributed by atoms with E-state index in [0.717, 1.165) is 23.3 Å². The number of unbranched alkanes of at least 4 members (excludes halogenated alkanes) is 3. The lowest BCUT2D eigenvalue weighted by Gasteiger charge is -2.13. The standard InChI is InChI=1S/C20H26N4/c1-3-4-5-6-7-18(21-2)20-23-17-9-8-16(14-19(17)24-20)15-10-12-22-13-11-15/h8-14,18,21H,3-7H2,1-2H3,(H,23,24). The van der Waals surface area contributed by atoms with Gasteiger partial charge < -0.3 is 10.3 Å². The largest absolute Gasteiger partial charge is 0.341 e. The van der Waals surface area contributed by atoms with E-state index in [2.05, 4.69) is 40.4 Å². The normalized spacial score (nSPS) is 12.6. The molecule has 2 N–H and O–H groups in total. The molecule has 0 aliphatic heterocycles. The first-order valence-corrected chi connectivity index (χ1v) is 8.89. The number of aromatic nitrogens is 3. The van der Waals surface area contributed by atoms with Crippen molar-refractivity contribution in [3.63, 3.8) is 0 Å². The highest BCUT2D eigenvalue weighted by Crippen LogP contribution is 2.25. The SMILES string of the molecule is CCCCCCC(NC)c1nc2ccc(-c3ccncc3)cc2[nH]1. The topological polar surface area (TPSA) is 53.6 Å². The minimum absolute atomic E-state index is 0.290. The molecule has 2 heterocycles. The average Bonchev–Trinajstić information content (AvgIpc) is 3.05. The summed E-state index contributed by atoms with van der Waals surface area (Å²) in [6, 6.07) is 10.7. The number of imidazole rings is 1. The molecule has 4 heteroatoms. The molecule has 0 radical (unpaired) electrons. The van der Waals surface area contributed by atoms with Gasteiger partial charge in [-0.15, -0.1) is 0 Å². The van der Waals surface area contributed by atoms with Gasteiger partial charge in [-0.3, -0.25) is 4.98 Å². The number of aromatic amines is 1. The third-order valence-electron chi connectivity index (χ3n) is 4.54. The molecule has 0 aliphatic rings. The van der Waals surface area contributed by atoms with Crippen molar-refractivity contribution in [1.82, 2.24) is 20.3 Å². The first-order valence-electron chi connectivity index (χ1n) is 8.89. The van der Waals surface area contributed by atoms with E-state index in [9.17, 15) is 0 Å². The molecule has 0 fully saturated rings. The predicted molar refractivity (Wildman–Crippen MR) is 99.9 cm³/mol. The smallest absolute Gasteiger partial charge is 0.124 e. The van der Waals surface area contributed by atoms with Gasteiger partial charge in [0.1, 0.15) is 5.82 Å². The Morgan fingerprint density at radius 2 is 1.88 bits per heavy atom. The first kappa shape index (κ1) is 16.7. The Hall–Kier alpha value is -2.20. The molecule has 1 atom stereocenters. The molecule has 0 aliphatic carbocycles. The van der Waals surface area contributed by atoms with Crippen molar-refractivity contribution in [2.75, 3.05) is 7.05 Å². The molecule has 24 heavy (non-hydrogen) atoms. The Bertz CT molecular complexity index is 764. The van der Waals surface area contributed by atoms with Crippen molar-refractivity contribution >= 4 is 11.0 Å². The Labute approximate surface area is 143 Å². The van der Waals surface area contributed by atoms with Crippen LogP contribution >= 0.6 is 0 Å². The fourth-order valence-corrected chi connectivity index (χ4v) is 3.11. The highest BCUT2D eigenvalue weighted by Gasteiger charge is 2.14. The molecule has 2 aromatic heterocycles. The Balaban J connectivity index is 1.80. The van der Waals surface area contributed by atoms with Crippen LogP contribution in [0, 0.1) is 0 Å². The number of nitrogens with one attached hydrogen (secondary N) is 2. The van der Waals surface area contributed by atoms with Crippen molar-refractivity contribution in [2.24, 2.45) is 0 Å². The van der Waals surface area contributed by atoms with Gasteiger partial charge in [0.15, 0.2) is 0 Å². The number of rotatable bonds is 8. The molecule has 4 nitrogen and oxygen atoms in total. The van der Waals surface area contributed by atoms with Crippen LogP contribution in [-0.2, 0) is 0 Å². The van der Waals surface area contributed by atoms with Crippen LogP contribution in [0.1, 0.15) is 50.9 Å². The number of fused-ring (bicyclic) bond motifs is 1. The summed E-state index contributed by atoms with van der Waals surface area (Å²) in [5.74, 6) is 1.04. The van der Waals surface area contributed by atoms with Crippen LogP contribution in [0.25, 0.3) is 22.2 Å². The molecule has 0 spiro atoms. The summed E-state index contributed by atoms with van der Waals surface area (Å²) in [5.41, 5.74) is 4.47. The zero-order chi connectivity index (χ0) is 16.8. The quantitative estimate of drug-likeness (QED) is 0.583. The van der Waals surface area contributed by atoms with E-state index in [0.29, 0.717) is 6.04 Å². The van der Waals surface area contributed by atoms with Crippen molar-refractivity contribution in [1.29, 1.82) is 0 Å². The lowest BCUT2D eigenvalue weighted by Crippen LogP contribution is -2.17. The summed E-state index contributed by atoms with van der Waals surface area (Å²) in [5, 5.41) is 3.40. The van der Waals surface area contributed by atoms with Gasteiger partial charge >= 0.3 is 0 Å². The fraction of sp³-hybridized carbons (Fsp3) is 0.400. The van der Waals surface area contributed by atoms with Gasteiger partial charge in [0, 0.05) is 12.4 Å². The van der Waals surface area contributed by atoms with Gasteiger partial charge in [-0.1, -0.05) is 38.7 Å². The fourth-order valence-electron chi connectivity index (χ4n) is 3.11. The van der Waals surface area contributed by atoms with Crippen LogP contribution in [0.3, 0.4) is 0 Å². The third-order valence-corrected chi connectivity index (χ3v) is 4.54. The van der Waals surface area contributed by atoms with Crippen LogP contribution in [0.2, 0.25) is 0 Å². The van der Waals surface area contributed by atoms with E-state index in [1.165, 1.54) is 36.8 Å². The summed E-state index contributed by atoms with van der Waals surface area (Å²) in [4.78, 5) is 12.4. The number of pyridine rings is 1. The van der Waals surface area contributed by atoms with E-state index < -0.39 is 0 Å². The summed E-state index contributed by atoms with van der Waals surface area (Å²) < 4.78 is 0. The number of hydrogen-bond acceptors (Lipinski definition) is 3. The van der Waals surface area contributed by atoms with Gasteiger partial charge in [0.25, 0.3) is 0 Å². The second kappa shape index (κ2) is 8.06. The van der Waals surface area contributed by atoms with Gasteiger partial charge in [-0.25, -0.2) is 4.98 Å². The minimum atomic E-state index is 0.290. The van der Waals surface area contributed by atoms with Crippen LogP contribution < -0.4 is 5.32 Å². The van der Waals surface area contributed by atoms with Crippen molar-refractivity contribution in [2.45, 2.75) is 45.1 Å². The first-order chi connectivity index (χ1) is 11.8. The van der Waals surface area contributed by atoms with Crippen LogP contribution in [0.4, 0.5) is 0 Å². The molecule has 0 amide bonds. The highest BCUT2D eigenvalue weighted by atomic mass is 15.0. The van der Waals surface area contributed by atoms with Gasteiger partial charge in [0.2, 0.25) is 0 Å². The van der Waals surface area contributed by atoms with Crippen LogP contribution in [-0.4, -0.2) is 22.0 Å². The van der Waals surface area contributed by atoms with E-state index in [4.69, 9.17) is 4.98 Å². The highest BCUT2D eigenvalue weighted by molar-refractivity contribution is 5.81. The lowest BCUT2D eigenvalue weighted by molar-refractivity contribution is 0.488. The van der Waals surface area contributed by atoms with E-state index >= 15 is 0 Å². The second-order valence-corrected chi connectivity index (χ2v) is 6.28. The molecule has 126 valence electrons. The van der Waals surface area contributed by atoms with Crippen molar-refractivity contribution < 1.29 is 0 Å². The monoisotopic (exact) mass is 322 g/mol. The average molecular weight is 322 g/mol. The number of benzene rings is 1. The number of nitrogens with zero attached hydrogens (tertiary/aromatic N) is 2. The van der Waals surface area contributed by atoms with Gasteiger partial charge in [0.05, 0.1) is 17.1 Å². The van der Waals surface area contributed by atoms with E-state index in [-0.39, 0.29) is 0 Å². The minimum Gasteiger partial charge on any atom is -0.341 e. The zero-order valence-electron chi connectivity index (χ0n) is 14.5. The van der Waals surface area contributed by atoms with Crippen LogP contribution in [0.15, 0.2) is 42.7 Å². The number of H-pyrrole nitrogens is 1. The van der Waals surface area contributed by atoms with Crippen molar-refractivity contribution in [3.05, 3.63) is 48.5 Å². The molecule has 0 saturated carbocycles. The third kappa shape index (κ3) is 3.82. The Kier molecular flexibility index (Phi) is 5.59. The maximum atomic E-state index is 4.79. The maximum absolute atomic E-state index is 4.79. The van der Waals surface area contributed by atoms with Gasteiger partial charge in [-0.05, 0) is 48.9 Å². The van der Waals surface area contributed by atoms with Crippen LogP contribution in [0.5, 0.6) is 0 Å². The second-order valence-electron chi connectivity index (χ2n) is 6.28. The molecule has 1 aromatic carbocycles. The molecular formula is C20H26N4.